The number of carbonyl (C=O) groups excluding carboxylic acids is 1. The molecule has 1 N–H and O–H groups in total. The first-order valence-electron chi connectivity index (χ1n) is 9.52. The van der Waals surface area contributed by atoms with E-state index >= 15 is 0 Å². The van der Waals surface area contributed by atoms with Crippen molar-refractivity contribution in [3.05, 3.63) is 58.7 Å². The Morgan fingerprint density at radius 3 is 2.72 bits per heavy atom. The first-order chi connectivity index (χ1) is 14.0. The monoisotopic (exact) mass is 413 g/mol. The van der Waals surface area contributed by atoms with Crippen molar-refractivity contribution in [3.63, 3.8) is 0 Å². The van der Waals surface area contributed by atoms with E-state index in [9.17, 15) is 4.79 Å². The van der Waals surface area contributed by atoms with E-state index in [0.717, 1.165) is 17.3 Å². The first-order valence-corrected chi connectivity index (χ1v) is 9.90. The third-order valence-electron chi connectivity index (χ3n) is 4.35. The van der Waals surface area contributed by atoms with E-state index in [4.69, 9.17) is 21.1 Å². The number of hydrogen-bond acceptors (Lipinski definition) is 4. The summed E-state index contributed by atoms with van der Waals surface area (Å²) in [6.07, 6.45) is 2.39. The van der Waals surface area contributed by atoms with Crippen LogP contribution < -0.4 is 14.9 Å². The Labute approximate surface area is 175 Å². The van der Waals surface area contributed by atoms with E-state index < -0.39 is 0 Å². The normalized spacial score (nSPS) is 11.2. The molecule has 29 heavy (non-hydrogen) atoms. The lowest BCUT2D eigenvalue weighted by atomic mass is 10.2. The van der Waals surface area contributed by atoms with Crippen LogP contribution in [-0.2, 0) is 7.05 Å². The quantitative estimate of drug-likeness (QED) is 0.426. The lowest BCUT2D eigenvalue weighted by Crippen LogP contribution is -2.20. The highest BCUT2D eigenvalue weighted by molar-refractivity contribution is 6.32. The van der Waals surface area contributed by atoms with Gasteiger partial charge in [0.05, 0.1) is 24.5 Å². The lowest BCUT2D eigenvalue weighted by Gasteiger charge is -2.13. The van der Waals surface area contributed by atoms with Gasteiger partial charge >= 0.3 is 0 Å². The molecular formula is C22H24ClN3O3. The number of hydrazone groups is 1. The zero-order valence-electron chi connectivity index (χ0n) is 16.7. The summed E-state index contributed by atoms with van der Waals surface area (Å²) in [5.41, 5.74) is 4.77. The minimum absolute atomic E-state index is 0.293. The van der Waals surface area contributed by atoms with Gasteiger partial charge in [0.15, 0.2) is 11.5 Å². The number of benzene rings is 2. The molecule has 0 unspecified atom stereocenters. The predicted octanol–water partition coefficient (Wildman–Crippen LogP) is 4.78. The van der Waals surface area contributed by atoms with Crippen molar-refractivity contribution in [1.29, 1.82) is 0 Å². The Morgan fingerprint density at radius 1 is 1.21 bits per heavy atom. The van der Waals surface area contributed by atoms with Crippen LogP contribution in [0.4, 0.5) is 0 Å². The van der Waals surface area contributed by atoms with E-state index in [2.05, 4.69) is 10.5 Å². The van der Waals surface area contributed by atoms with Gasteiger partial charge in [-0.1, -0.05) is 36.7 Å². The van der Waals surface area contributed by atoms with Gasteiger partial charge in [0.2, 0.25) is 0 Å². The summed E-state index contributed by atoms with van der Waals surface area (Å²) in [5, 5.41) is 5.51. The minimum atomic E-state index is -0.293. The topological polar surface area (TPSA) is 64.8 Å². The SMILES string of the molecule is CCCOc1c(Cl)cc(/C=N/NC(=O)c2cc3ccccc3n2C)cc1OCC. The zero-order valence-corrected chi connectivity index (χ0v) is 17.5. The Hall–Kier alpha value is -2.99. The molecule has 7 heteroatoms. The van der Waals surface area contributed by atoms with Gasteiger partial charge in [0.1, 0.15) is 5.69 Å². The molecule has 0 bridgehead atoms. The van der Waals surface area contributed by atoms with E-state index in [1.54, 1.807) is 12.1 Å². The Morgan fingerprint density at radius 2 is 2.00 bits per heavy atom. The molecule has 3 rings (SSSR count). The average Bonchev–Trinajstić information content (AvgIpc) is 3.05. The van der Waals surface area contributed by atoms with Gasteiger partial charge in [0.25, 0.3) is 5.91 Å². The molecule has 3 aromatic rings. The summed E-state index contributed by atoms with van der Waals surface area (Å²) in [5.74, 6) is 0.779. The average molecular weight is 414 g/mol. The van der Waals surface area contributed by atoms with Gasteiger partial charge in [-0.05, 0) is 43.2 Å². The molecule has 0 atom stereocenters. The molecule has 0 saturated heterocycles. The molecule has 0 aliphatic heterocycles. The van der Waals surface area contributed by atoms with E-state index in [0.29, 0.717) is 41.0 Å². The van der Waals surface area contributed by atoms with Crippen LogP contribution in [0.1, 0.15) is 36.3 Å². The predicted molar refractivity (Wildman–Crippen MR) is 116 cm³/mol. The molecule has 2 aromatic carbocycles. The third kappa shape index (κ3) is 4.71. The number of para-hydroxylation sites is 1. The summed E-state index contributed by atoms with van der Waals surface area (Å²) in [6, 6.07) is 13.2. The van der Waals surface area contributed by atoms with Crippen LogP contribution in [-0.4, -0.2) is 29.9 Å². The maximum atomic E-state index is 12.5. The van der Waals surface area contributed by atoms with Crippen LogP contribution in [0.5, 0.6) is 11.5 Å². The molecule has 6 nitrogen and oxygen atoms in total. The molecule has 152 valence electrons. The smallest absolute Gasteiger partial charge is 0.287 e. The second kappa shape index (κ2) is 9.47. The van der Waals surface area contributed by atoms with Crippen molar-refractivity contribution >= 4 is 34.6 Å². The van der Waals surface area contributed by atoms with Gasteiger partial charge in [-0.15, -0.1) is 0 Å². The molecule has 0 radical (unpaired) electrons. The van der Waals surface area contributed by atoms with E-state index in [1.165, 1.54) is 6.21 Å². The summed E-state index contributed by atoms with van der Waals surface area (Å²) < 4.78 is 13.2. The van der Waals surface area contributed by atoms with Gasteiger partial charge in [-0.3, -0.25) is 4.79 Å². The maximum Gasteiger partial charge on any atom is 0.287 e. The fraction of sp³-hybridized carbons (Fsp3) is 0.273. The highest BCUT2D eigenvalue weighted by Crippen LogP contribution is 2.36. The zero-order chi connectivity index (χ0) is 20.8. The number of nitrogens with zero attached hydrogens (tertiary/aromatic N) is 2. The van der Waals surface area contributed by atoms with Gasteiger partial charge in [0, 0.05) is 18.0 Å². The molecule has 1 amide bonds. The number of aryl methyl sites for hydroxylation is 1. The van der Waals surface area contributed by atoms with Crippen molar-refractivity contribution < 1.29 is 14.3 Å². The Bertz CT molecular complexity index is 1040. The van der Waals surface area contributed by atoms with Crippen LogP contribution in [0.25, 0.3) is 10.9 Å². The number of nitrogens with one attached hydrogen (secondary N) is 1. The molecule has 0 aliphatic carbocycles. The van der Waals surface area contributed by atoms with Crippen molar-refractivity contribution in [2.24, 2.45) is 12.1 Å². The molecule has 0 saturated carbocycles. The number of carbonyl (C=O) groups is 1. The number of rotatable bonds is 8. The second-order valence-corrected chi connectivity index (χ2v) is 6.87. The van der Waals surface area contributed by atoms with Crippen molar-refractivity contribution in [1.82, 2.24) is 9.99 Å². The van der Waals surface area contributed by atoms with E-state index in [-0.39, 0.29) is 5.91 Å². The van der Waals surface area contributed by atoms with Gasteiger partial charge in [-0.2, -0.15) is 5.10 Å². The highest BCUT2D eigenvalue weighted by atomic mass is 35.5. The molecule has 0 aliphatic rings. The lowest BCUT2D eigenvalue weighted by molar-refractivity contribution is 0.0947. The molecule has 1 heterocycles. The highest BCUT2D eigenvalue weighted by Gasteiger charge is 2.13. The number of ether oxygens (including phenoxy) is 2. The van der Waals surface area contributed by atoms with Crippen molar-refractivity contribution in [2.75, 3.05) is 13.2 Å². The van der Waals surface area contributed by atoms with Crippen LogP contribution in [0, 0.1) is 0 Å². The fourth-order valence-electron chi connectivity index (χ4n) is 3.00. The first kappa shape index (κ1) is 20.7. The van der Waals surface area contributed by atoms with Gasteiger partial charge in [-0.25, -0.2) is 5.43 Å². The molecular weight excluding hydrogens is 390 g/mol. The number of hydrogen-bond donors (Lipinski definition) is 1. The molecule has 1 aromatic heterocycles. The number of fused-ring (bicyclic) bond motifs is 1. The standard InChI is InChI=1S/C22H24ClN3O3/c1-4-10-29-21-17(23)11-15(12-20(21)28-5-2)14-24-25-22(27)19-13-16-8-6-7-9-18(16)26(19)3/h6-9,11-14H,4-5,10H2,1-3H3,(H,25,27)/b24-14+. The molecule has 0 spiro atoms. The Kier molecular flexibility index (Phi) is 6.77. The van der Waals surface area contributed by atoms with Crippen LogP contribution in [0.2, 0.25) is 5.02 Å². The van der Waals surface area contributed by atoms with Crippen molar-refractivity contribution in [2.45, 2.75) is 20.3 Å². The Balaban J connectivity index is 1.76. The van der Waals surface area contributed by atoms with Crippen LogP contribution in [0.15, 0.2) is 47.6 Å². The third-order valence-corrected chi connectivity index (χ3v) is 4.63. The maximum absolute atomic E-state index is 12.5. The largest absolute Gasteiger partial charge is 0.490 e. The number of aromatic nitrogens is 1. The minimum Gasteiger partial charge on any atom is -0.490 e. The molecule has 0 fully saturated rings. The van der Waals surface area contributed by atoms with Crippen LogP contribution in [0.3, 0.4) is 0 Å². The number of amides is 1. The van der Waals surface area contributed by atoms with Crippen LogP contribution >= 0.6 is 11.6 Å². The number of halogens is 1. The summed E-state index contributed by atoms with van der Waals surface area (Å²) >= 11 is 6.35. The second-order valence-electron chi connectivity index (χ2n) is 6.46. The van der Waals surface area contributed by atoms with E-state index in [1.807, 2.05) is 55.8 Å². The van der Waals surface area contributed by atoms with Crippen molar-refractivity contribution in [3.8, 4) is 11.5 Å². The fourth-order valence-corrected chi connectivity index (χ4v) is 3.27. The summed E-state index contributed by atoms with van der Waals surface area (Å²) in [6.45, 7) is 4.95. The van der Waals surface area contributed by atoms with Gasteiger partial charge < -0.3 is 14.0 Å². The summed E-state index contributed by atoms with van der Waals surface area (Å²) in [4.78, 5) is 12.5. The summed E-state index contributed by atoms with van der Waals surface area (Å²) in [7, 11) is 1.85.